The number of fused-ring (bicyclic) bond motifs is 14. The van der Waals surface area contributed by atoms with Crippen molar-refractivity contribution in [3.05, 3.63) is 353 Å². The second-order valence-electron chi connectivity index (χ2n) is 25.4. The van der Waals surface area contributed by atoms with Crippen LogP contribution in [0.2, 0.25) is 0 Å². The van der Waals surface area contributed by atoms with Gasteiger partial charge in [-0.2, -0.15) is 0 Å². The molecule has 0 amide bonds. The molecule has 0 spiro atoms. The lowest BCUT2D eigenvalue weighted by Crippen LogP contribution is -2.08. The van der Waals surface area contributed by atoms with Gasteiger partial charge in [-0.15, -0.1) is 0 Å². The predicted molar refractivity (Wildman–Crippen MR) is 406 cm³/mol. The lowest BCUT2D eigenvalue weighted by Gasteiger charge is -2.22. The molecule has 0 bridgehead atoms. The van der Waals surface area contributed by atoms with Gasteiger partial charge >= 0.3 is 7.69 Å². The zero-order valence-electron chi connectivity index (χ0n) is 53.2. The number of hydrogen-bond donors (Lipinski definition) is 1. The first-order valence-electron chi connectivity index (χ1n) is 33.1. The summed E-state index contributed by atoms with van der Waals surface area (Å²) in [4.78, 5) is 18.2. The summed E-state index contributed by atoms with van der Waals surface area (Å²) in [6.45, 7) is 0. The Morgan fingerprint density at radius 2 is 0.673 bits per heavy atom. The normalized spacial score (nSPS) is 12.2. The fraction of sp³-hybridized carbons (Fsp3) is 0.0455. The Labute approximate surface area is 574 Å². The molecular weight excluding hydrogens is 1260 g/mol. The highest BCUT2D eigenvalue weighted by Gasteiger charge is 2.22. The molecule has 18 aromatic rings. The first-order chi connectivity index (χ1) is 48.4. The van der Waals surface area contributed by atoms with Crippen molar-refractivity contribution < 1.29 is 9.68 Å². The van der Waals surface area contributed by atoms with Crippen molar-refractivity contribution in [1.29, 1.82) is 0 Å². The van der Waals surface area contributed by atoms with E-state index in [0.717, 1.165) is 74.5 Å². The van der Waals surface area contributed by atoms with Crippen LogP contribution in [0.4, 0.5) is 0 Å². The van der Waals surface area contributed by atoms with Crippen LogP contribution >= 0.6 is 15.9 Å². The molecule has 98 heavy (non-hydrogen) atoms. The quantitative estimate of drug-likeness (QED) is 0.160. The van der Waals surface area contributed by atoms with Crippen molar-refractivity contribution in [3.8, 4) is 50.5 Å². The molecule has 0 aliphatic heterocycles. The number of para-hydroxylation sites is 4. The van der Waals surface area contributed by atoms with Gasteiger partial charge in [-0.3, -0.25) is 15.0 Å². The minimum atomic E-state index is 0.477. The average Bonchev–Trinajstić information content (AvgIpc) is 1.56. The highest BCUT2D eigenvalue weighted by atomic mass is 79.9. The maximum Gasteiger partial charge on any atom is 0.569 e. The largest absolute Gasteiger partial charge is 0.569 e. The van der Waals surface area contributed by atoms with E-state index in [0.29, 0.717) is 19.0 Å². The average molecular weight is 1320 g/mol. The van der Waals surface area contributed by atoms with Gasteiger partial charge in [0.1, 0.15) is 16.8 Å². The predicted octanol–water partition coefficient (Wildman–Crippen LogP) is 21.1. The van der Waals surface area contributed by atoms with E-state index in [4.69, 9.17) is 19.6 Å². The molecule has 10 heteroatoms. The number of halogens is 1. The molecule has 2 aliphatic rings. The topological polar surface area (TPSA) is 90.9 Å². The third-order valence-corrected chi connectivity index (χ3v) is 20.2. The molecule has 0 saturated carbocycles. The number of rotatable bonds is 7. The van der Waals surface area contributed by atoms with Gasteiger partial charge < -0.3 is 18.8 Å². The molecule has 8 nitrogen and oxygen atoms in total. The molecule has 463 valence electrons. The van der Waals surface area contributed by atoms with E-state index in [1.807, 2.05) is 42.5 Å². The molecule has 2 aliphatic carbocycles. The molecule has 1 N–H and O–H groups in total. The van der Waals surface area contributed by atoms with Crippen molar-refractivity contribution in [2.75, 3.05) is 0 Å². The Hall–Kier alpha value is -11.8. The molecule has 20 rings (SSSR count). The van der Waals surface area contributed by atoms with Gasteiger partial charge in [0.25, 0.3) is 0 Å². The lowest BCUT2D eigenvalue weighted by molar-refractivity contribution is 0.456. The van der Waals surface area contributed by atoms with Crippen LogP contribution in [0.25, 0.3) is 132 Å². The van der Waals surface area contributed by atoms with Gasteiger partial charge in [-0.1, -0.05) is 222 Å². The van der Waals surface area contributed by atoms with Crippen LogP contribution in [0.5, 0.6) is 5.75 Å². The van der Waals surface area contributed by atoms with Crippen molar-refractivity contribution in [3.63, 3.8) is 0 Å². The Morgan fingerprint density at radius 1 is 0.306 bits per heavy atom. The van der Waals surface area contributed by atoms with Crippen LogP contribution in [-0.4, -0.2) is 41.8 Å². The van der Waals surface area contributed by atoms with E-state index in [1.54, 1.807) is 30.9 Å². The van der Waals surface area contributed by atoms with Gasteiger partial charge in [0, 0.05) is 78.9 Å². The van der Waals surface area contributed by atoms with Crippen LogP contribution < -0.4 is 4.65 Å². The Balaban J connectivity index is 0.000000117. The van der Waals surface area contributed by atoms with E-state index in [9.17, 15) is 0 Å². The van der Waals surface area contributed by atoms with Crippen LogP contribution in [0.15, 0.2) is 308 Å². The van der Waals surface area contributed by atoms with Gasteiger partial charge in [0.05, 0.1) is 33.1 Å². The molecule has 1 radical (unpaired) electrons. The first-order valence-corrected chi connectivity index (χ1v) is 33.9. The molecular formula is C88H59BBrN6O2. The van der Waals surface area contributed by atoms with Gasteiger partial charge in [-0.25, -0.2) is 4.98 Å². The van der Waals surface area contributed by atoms with Crippen molar-refractivity contribution in [1.82, 2.24) is 29.1 Å². The molecule has 0 atom stereocenters. The van der Waals surface area contributed by atoms with Crippen LogP contribution in [0, 0.1) is 0 Å². The van der Waals surface area contributed by atoms with Crippen molar-refractivity contribution in [2.45, 2.75) is 25.7 Å². The number of nitrogens with zero attached hydrogens (tertiary/aromatic N) is 6. The fourth-order valence-electron chi connectivity index (χ4n) is 15.2. The van der Waals surface area contributed by atoms with Crippen LogP contribution in [-0.2, 0) is 25.7 Å². The maximum atomic E-state index is 8.77. The van der Waals surface area contributed by atoms with Crippen molar-refractivity contribution in [2.24, 2.45) is 0 Å². The summed E-state index contributed by atoms with van der Waals surface area (Å²) in [5.74, 6) is 0.477. The molecule has 14 aromatic carbocycles. The Kier molecular flexibility index (Phi) is 14.8. The van der Waals surface area contributed by atoms with Crippen LogP contribution in [0.3, 0.4) is 0 Å². The smallest absolute Gasteiger partial charge is 0.536 e. The summed E-state index contributed by atoms with van der Waals surface area (Å²) < 4.78 is 11.0. The summed E-state index contributed by atoms with van der Waals surface area (Å²) in [5, 5.41) is 19.1. The van der Waals surface area contributed by atoms with Gasteiger partial charge in [0.15, 0.2) is 0 Å². The highest BCUT2D eigenvalue weighted by Crippen LogP contribution is 2.41. The Morgan fingerprint density at radius 3 is 1.14 bits per heavy atom. The summed E-state index contributed by atoms with van der Waals surface area (Å²) in [6, 6.07) is 100. The standard InChI is InChI=1S/C44H29N3.C30H20BrN.C14H10BN2O2/c1-2-8-28(9-3-1)37-18-19-38(44-43(37)45-20-21-46-44)31-15-14-29-22-34-26-35-27-36(17-16-30(35)23-33(34)25-32(29)24-31)47-41-12-6-4-10-39(41)40-11-5-7-13-42(40)47;31-25-11-9-19-13-22-16-24-18-26(12-10-20(24)14-21(22)15-23(19)17-25)32-29-7-3-1-5-27(29)28-6-2-4-8-30(28)32;18-15-19-12-7-6-11(10-4-2-1-3-5-10)13-14(12)17-9-8-16-13/h1-21,23-24,26-27H,22,25H2;1-12,14,16-18H,13,15H2;1-9,18H. The van der Waals surface area contributed by atoms with E-state index in [1.165, 1.54) is 127 Å². The zero-order chi connectivity index (χ0) is 65.2. The van der Waals surface area contributed by atoms with E-state index in [-0.39, 0.29) is 0 Å². The van der Waals surface area contributed by atoms with E-state index >= 15 is 0 Å². The van der Waals surface area contributed by atoms with Gasteiger partial charge in [0.2, 0.25) is 0 Å². The molecule has 4 heterocycles. The third kappa shape index (κ3) is 10.5. The molecule has 4 aromatic heterocycles. The summed E-state index contributed by atoms with van der Waals surface area (Å²) >= 11 is 3.63. The van der Waals surface area contributed by atoms with Crippen molar-refractivity contribution >= 4 is 111 Å². The number of hydrogen-bond acceptors (Lipinski definition) is 6. The first kappa shape index (κ1) is 58.7. The minimum Gasteiger partial charge on any atom is -0.536 e. The molecule has 0 fully saturated rings. The second kappa shape index (κ2) is 24.7. The second-order valence-corrected chi connectivity index (χ2v) is 26.3. The monoisotopic (exact) mass is 1320 g/mol. The third-order valence-electron chi connectivity index (χ3n) is 19.7. The van der Waals surface area contributed by atoms with E-state index in [2.05, 4.69) is 266 Å². The summed E-state index contributed by atoms with van der Waals surface area (Å²) in [7, 11) is 0.644. The zero-order valence-corrected chi connectivity index (χ0v) is 54.8. The lowest BCUT2D eigenvalue weighted by atomic mass is 9.83. The minimum absolute atomic E-state index is 0.477. The fourth-order valence-corrected chi connectivity index (χ4v) is 15.6. The Bertz CT molecular complexity index is 6080. The van der Waals surface area contributed by atoms with E-state index < -0.39 is 0 Å². The SMILES string of the molecule is Brc1ccc2c(c1)Cc1cc3ccc(-n4c5ccccc5c5ccccc54)cc3cc1C2.O[B]Oc1ccc(-c2ccccc2)c2nccnc12.c1ccc(-c2ccc(-c3ccc4c(c3)Cc3cc5ccc(-n6c7ccccc7c7ccccc76)cc5cc3C4)c3nccnc23)cc1. The summed E-state index contributed by atoms with van der Waals surface area (Å²) in [5.41, 5.74) is 28.7. The van der Waals surface area contributed by atoms with Gasteiger partial charge in [-0.05, 0) is 181 Å². The highest BCUT2D eigenvalue weighted by molar-refractivity contribution is 9.10. The van der Waals surface area contributed by atoms with Crippen LogP contribution in [0.1, 0.15) is 44.5 Å². The summed E-state index contributed by atoms with van der Waals surface area (Å²) in [6.07, 6.45) is 10.7. The number of benzene rings is 14. The molecule has 0 saturated heterocycles. The maximum absolute atomic E-state index is 8.77. The molecule has 0 unspecified atom stereocenters. The number of aromatic nitrogens is 6.